The smallest absolute Gasteiger partial charge is 0.306 e. The molecule has 0 heterocycles. The van der Waals surface area contributed by atoms with Gasteiger partial charge in [-0.25, -0.2) is 0 Å². The van der Waals surface area contributed by atoms with E-state index in [0.29, 0.717) is 19.3 Å². The Morgan fingerprint density at radius 1 is 0.288 bits per heavy atom. The lowest BCUT2D eigenvalue weighted by Gasteiger charge is -2.18. The van der Waals surface area contributed by atoms with E-state index < -0.39 is 6.10 Å². The first-order valence-electron chi connectivity index (χ1n) is 29.9. The second-order valence-corrected chi connectivity index (χ2v) is 21.1. The van der Waals surface area contributed by atoms with Gasteiger partial charge in [-0.15, -0.1) is 0 Å². The SMILES string of the molecule is CCCCCCCCCCCCCCCCCC(=O)OC[C@H](COC(=O)CCCCCCCCCCCCCC)OC(=O)CCCCCCCCCCCCCCCCCCCCC(C)C. The van der Waals surface area contributed by atoms with Crippen molar-refractivity contribution in [1.82, 2.24) is 0 Å². The summed E-state index contributed by atoms with van der Waals surface area (Å²) in [5, 5.41) is 0. The minimum atomic E-state index is -0.761. The monoisotopic (exact) mass is 933 g/mol. The second kappa shape index (κ2) is 54.4. The number of unbranched alkanes of at least 4 members (excludes halogenated alkanes) is 42. The van der Waals surface area contributed by atoms with Crippen molar-refractivity contribution >= 4 is 17.9 Å². The van der Waals surface area contributed by atoms with E-state index in [1.165, 1.54) is 238 Å². The Bertz CT molecular complexity index is 996. The van der Waals surface area contributed by atoms with Crippen LogP contribution in [0.25, 0.3) is 0 Å². The molecule has 0 bridgehead atoms. The standard InChI is InChI=1S/C60H116O6/c1-5-7-9-11-13-15-17-19-24-28-32-36-40-44-48-52-59(62)65-55-57(54-64-58(61)51-47-43-39-35-31-18-16-14-12-10-8-6-2)66-60(63)53-49-45-41-37-33-29-26-23-21-20-22-25-27-30-34-38-42-46-50-56(3)4/h56-57H,5-55H2,1-4H3/t57-/m0/s1. The fourth-order valence-corrected chi connectivity index (χ4v) is 9.28. The van der Waals surface area contributed by atoms with Crippen molar-refractivity contribution in [1.29, 1.82) is 0 Å². The van der Waals surface area contributed by atoms with E-state index in [4.69, 9.17) is 14.2 Å². The van der Waals surface area contributed by atoms with E-state index in [1.54, 1.807) is 0 Å². The van der Waals surface area contributed by atoms with E-state index in [1.807, 2.05) is 0 Å². The van der Waals surface area contributed by atoms with Gasteiger partial charge in [0.25, 0.3) is 0 Å². The number of rotatable bonds is 55. The second-order valence-electron chi connectivity index (χ2n) is 21.1. The number of ether oxygens (including phenoxy) is 3. The largest absolute Gasteiger partial charge is 0.462 e. The molecule has 6 nitrogen and oxygen atoms in total. The van der Waals surface area contributed by atoms with Gasteiger partial charge in [-0.3, -0.25) is 14.4 Å². The average Bonchev–Trinajstić information content (AvgIpc) is 3.30. The van der Waals surface area contributed by atoms with Crippen LogP contribution in [0.3, 0.4) is 0 Å². The summed E-state index contributed by atoms with van der Waals surface area (Å²) in [6.45, 7) is 9.08. The lowest BCUT2D eigenvalue weighted by atomic mass is 10.0. The number of carbonyl (C=O) groups is 3. The van der Waals surface area contributed by atoms with Crippen molar-refractivity contribution in [2.45, 2.75) is 348 Å². The molecule has 0 saturated heterocycles. The van der Waals surface area contributed by atoms with Gasteiger partial charge in [-0.05, 0) is 25.2 Å². The Hall–Kier alpha value is -1.59. The molecule has 0 aliphatic rings. The summed E-state index contributed by atoms with van der Waals surface area (Å²) in [6, 6.07) is 0. The molecule has 0 unspecified atom stereocenters. The Morgan fingerprint density at radius 3 is 0.742 bits per heavy atom. The molecule has 1 atom stereocenters. The van der Waals surface area contributed by atoms with Crippen molar-refractivity contribution in [2.24, 2.45) is 5.92 Å². The highest BCUT2D eigenvalue weighted by Gasteiger charge is 2.19. The molecule has 392 valence electrons. The summed E-state index contributed by atoms with van der Waals surface area (Å²) in [5.41, 5.74) is 0. The lowest BCUT2D eigenvalue weighted by Crippen LogP contribution is -2.30. The third-order valence-corrected chi connectivity index (χ3v) is 13.8. The maximum absolute atomic E-state index is 12.9. The molecular formula is C60H116O6. The minimum absolute atomic E-state index is 0.0615. The van der Waals surface area contributed by atoms with Crippen molar-refractivity contribution in [3.05, 3.63) is 0 Å². The Labute approximate surface area is 412 Å². The first-order valence-corrected chi connectivity index (χ1v) is 29.9. The maximum atomic E-state index is 12.9. The van der Waals surface area contributed by atoms with Gasteiger partial charge in [0.15, 0.2) is 6.10 Å². The van der Waals surface area contributed by atoms with Crippen LogP contribution in [-0.4, -0.2) is 37.2 Å². The fourth-order valence-electron chi connectivity index (χ4n) is 9.28. The van der Waals surface area contributed by atoms with Gasteiger partial charge in [0.1, 0.15) is 13.2 Å². The molecule has 0 aromatic carbocycles. The van der Waals surface area contributed by atoms with Crippen LogP contribution in [0.5, 0.6) is 0 Å². The zero-order chi connectivity index (χ0) is 48.1. The van der Waals surface area contributed by atoms with Crippen molar-refractivity contribution < 1.29 is 28.6 Å². The third kappa shape index (κ3) is 53.4. The van der Waals surface area contributed by atoms with E-state index >= 15 is 0 Å². The van der Waals surface area contributed by atoms with Gasteiger partial charge in [-0.2, -0.15) is 0 Å². The molecule has 66 heavy (non-hydrogen) atoms. The molecular weight excluding hydrogens is 817 g/mol. The number of carbonyl (C=O) groups excluding carboxylic acids is 3. The fraction of sp³-hybridized carbons (Fsp3) is 0.950. The molecule has 6 heteroatoms. The highest BCUT2D eigenvalue weighted by Crippen LogP contribution is 2.18. The zero-order valence-corrected chi connectivity index (χ0v) is 45.2. The average molecular weight is 934 g/mol. The molecule has 0 rings (SSSR count). The van der Waals surface area contributed by atoms with Crippen LogP contribution < -0.4 is 0 Å². The predicted molar refractivity (Wildman–Crippen MR) is 284 cm³/mol. The Morgan fingerprint density at radius 2 is 0.500 bits per heavy atom. The van der Waals surface area contributed by atoms with E-state index in [0.717, 1.165) is 63.7 Å². The summed E-state index contributed by atoms with van der Waals surface area (Å²) >= 11 is 0. The Kier molecular flexibility index (Phi) is 53.0. The highest BCUT2D eigenvalue weighted by atomic mass is 16.6. The summed E-state index contributed by atoms with van der Waals surface area (Å²) in [6.07, 6.45) is 59.5. The zero-order valence-electron chi connectivity index (χ0n) is 45.2. The van der Waals surface area contributed by atoms with Crippen LogP contribution in [0.2, 0.25) is 0 Å². The molecule has 0 spiro atoms. The van der Waals surface area contributed by atoms with E-state index in [9.17, 15) is 14.4 Å². The molecule has 0 radical (unpaired) electrons. The summed E-state index contributed by atoms with van der Waals surface area (Å²) in [5.74, 6) is 0.0253. The van der Waals surface area contributed by atoms with E-state index in [-0.39, 0.29) is 31.1 Å². The van der Waals surface area contributed by atoms with E-state index in [2.05, 4.69) is 27.7 Å². The molecule has 0 amide bonds. The van der Waals surface area contributed by atoms with Gasteiger partial charge in [0.05, 0.1) is 0 Å². The summed E-state index contributed by atoms with van der Waals surface area (Å²) < 4.78 is 16.9. The van der Waals surface area contributed by atoms with Crippen molar-refractivity contribution in [3.63, 3.8) is 0 Å². The first-order chi connectivity index (χ1) is 32.4. The highest BCUT2D eigenvalue weighted by molar-refractivity contribution is 5.71. The van der Waals surface area contributed by atoms with Crippen LogP contribution in [0.4, 0.5) is 0 Å². The third-order valence-electron chi connectivity index (χ3n) is 13.8. The summed E-state index contributed by atoms with van der Waals surface area (Å²) in [4.78, 5) is 38.1. The van der Waals surface area contributed by atoms with Gasteiger partial charge in [0.2, 0.25) is 0 Å². The van der Waals surface area contributed by atoms with Gasteiger partial charge < -0.3 is 14.2 Å². The lowest BCUT2D eigenvalue weighted by molar-refractivity contribution is -0.167. The molecule has 0 saturated carbocycles. The Balaban J connectivity index is 4.24. The summed E-state index contributed by atoms with van der Waals surface area (Å²) in [7, 11) is 0. The normalized spacial score (nSPS) is 12.0. The molecule has 0 N–H and O–H groups in total. The van der Waals surface area contributed by atoms with Crippen LogP contribution in [0.15, 0.2) is 0 Å². The topological polar surface area (TPSA) is 78.9 Å². The molecule has 0 fully saturated rings. The molecule has 0 aliphatic heterocycles. The number of hydrogen-bond acceptors (Lipinski definition) is 6. The van der Waals surface area contributed by atoms with Crippen LogP contribution in [-0.2, 0) is 28.6 Å². The van der Waals surface area contributed by atoms with Gasteiger partial charge in [0, 0.05) is 19.3 Å². The molecule has 0 aromatic rings. The number of esters is 3. The van der Waals surface area contributed by atoms with Crippen molar-refractivity contribution in [3.8, 4) is 0 Å². The molecule has 0 aliphatic carbocycles. The van der Waals surface area contributed by atoms with Gasteiger partial charge in [-0.1, -0.05) is 304 Å². The van der Waals surface area contributed by atoms with Crippen LogP contribution >= 0.6 is 0 Å². The van der Waals surface area contributed by atoms with Crippen LogP contribution in [0, 0.1) is 5.92 Å². The van der Waals surface area contributed by atoms with Crippen molar-refractivity contribution in [2.75, 3.05) is 13.2 Å². The quantitative estimate of drug-likeness (QED) is 0.0343. The predicted octanol–water partition coefficient (Wildman–Crippen LogP) is 19.8. The van der Waals surface area contributed by atoms with Gasteiger partial charge >= 0.3 is 17.9 Å². The number of hydrogen-bond donors (Lipinski definition) is 0. The van der Waals surface area contributed by atoms with Crippen LogP contribution in [0.1, 0.15) is 342 Å². The maximum Gasteiger partial charge on any atom is 0.306 e. The first kappa shape index (κ1) is 64.4. The minimum Gasteiger partial charge on any atom is -0.462 e. The molecule has 0 aromatic heterocycles.